The molecule has 1 aromatic carbocycles. The Morgan fingerprint density at radius 1 is 1.22 bits per heavy atom. The van der Waals surface area contributed by atoms with Crippen molar-refractivity contribution >= 4 is 16.9 Å². The molecule has 2 aromatic rings. The van der Waals surface area contributed by atoms with Crippen molar-refractivity contribution in [2.75, 3.05) is 0 Å². The molecule has 1 heterocycles. The maximum Gasteiger partial charge on any atom is 0.303 e. The van der Waals surface area contributed by atoms with Crippen LogP contribution in [-0.4, -0.2) is 15.6 Å². The Morgan fingerprint density at radius 2 is 1.89 bits per heavy atom. The molecule has 0 saturated carbocycles. The van der Waals surface area contributed by atoms with Crippen molar-refractivity contribution in [1.82, 2.24) is 4.57 Å². The Bertz CT molecular complexity index is 596. The Labute approximate surface area is 107 Å². The molecule has 0 atom stereocenters. The van der Waals surface area contributed by atoms with Gasteiger partial charge in [-0.1, -0.05) is 12.1 Å². The number of carbonyl (C=O) groups is 1. The molecule has 0 spiro atoms. The van der Waals surface area contributed by atoms with E-state index in [1.807, 2.05) is 0 Å². The highest BCUT2D eigenvalue weighted by atomic mass is 16.4. The van der Waals surface area contributed by atoms with Crippen LogP contribution < -0.4 is 0 Å². The predicted octanol–water partition coefficient (Wildman–Crippen LogP) is 3.43. The smallest absolute Gasteiger partial charge is 0.303 e. The van der Waals surface area contributed by atoms with E-state index in [1.54, 1.807) is 0 Å². The molecule has 3 heteroatoms. The number of hydrogen-bond donors (Lipinski definition) is 1. The standard InChI is InChI=1S/C15H19NO2/c1-10-6-7-11(2)15-13(10)9-12(3)16(15)8-4-5-14(17)18/h6-7,9H,4-5,8H2,1-3H3,(H,17,18). The summed E-state index contributed by atoms with van der Waals surface area (Å²) in [6, 6.07) is 6.46. The molecule has 0 saturated heterocycles. The maximum atomic E-state index is 10.6. The number of carboxylic acid groups (broad SMARTS) is 1. The van der Waals surface area contributed by atoms with Crippen LogP contribution in [0.5, 0.6) is 0 Å². The SMILES string of the molecule is Cc1ccc(C)c2c1cc(C)n2CCCC(=O)O. The van der Waals surface area contributed by atoms with Crippen molar-refractivity contribution in [3.8, 4) is 0 Å². The van der Waals surface area contributed by atoms with Gasteiger partial charge in [-0.3, -0.25) is 4.79 Å². The first kappa shape index (κ1) is 12.7. The van der Waals surface area contributed by atoms with Crippen LogP contribution in [-0.2, 0) is 11.3 Å². The number of nitrogens with zero attached hydrogens (tertiary/aromatic N) is 1. The highest BCUT2D eigenvalue weighted by Gasteiger charge is 2.10. The van der Waals surface area contributed by atoms with Crippen molar-refractivity contribution in [3.05, 3.63) is 35.0 Å². The second-order valence-electron chi connectivity index (χ2n) is 4.90. The molecule has 1 aromatic heterocycles. The Morgan fingerprint density at radius 3 is 2.56 bits per heavy atom. The molecular formula is C15H19NO2. The van der Waals surface area contributed by atoms with Crippen molar-refractivity contribution in [1.29, 1.82) is 0 Å². The molecule has 0 amide bonds. The molecule has 3 nitrogen and oxygen atoms in total. The average molecular weight is 245 g/mol. The highest BCUT2D eigenvalue weighted by Crippen LogP contribution is 2.26. The first-order valence-corrected chi connectivity index (χ1v) is 6.28. The summed E-state index contributed by atoms with van der Waals surface area (Å²) < 4.78 is 2.24. The monoisotopic (exact) mass is 245 g/mol. The summed E-state index contributed by atoms with van der Waals surface area (Å²) in [7, 11) is 0. The molecule has 0 radical (unpaired) electrons. The van der Waals surface area contributed by atoms with Gasteiger partial charge in [0.1, 0.15) is 0 Å². The molecule has 0 aliphatic heterocycles. The van der Waals surface area contributed by atoms with Gasteiger partial charge in [-0.15, -0.1) is 0 Å². The number of rotatable bonds is 4. The Balaban J connectivity index is 2.40. The number of aliphatic carboxylic acids is 1. The minimum atomic E-state index is -0.725. The molecule has 0 aliphatic rings. The van der Waals surface area contributed by atoms with E-state index < -0.39 is 5.97 Å². The second-order valence-corrected chi connectivity index (χ2v) is 4.90. The summed E-state index contributed by atoms with van der Waals surface area (Å²) >= 11 is 0. The molecule has 2 rings (SSSR count). The number of aromatic nitrogens is 1. The van der Waals surface area contributed by atoms with Crippen LogP contribution in [0.3, 0.4) is 0 Å². The predicted molar refractivity (Wildman–Crippen MR) is 73.0 cm³/mol. The summed E-state index contributed by atoms with van der Waals surface area (Å²) in [6.07, 6.45) is 0.900. The molecule has 0 unspecified atom stereocenters. The first-order valence-electron chi connectivity index (χ1n) is 6.28. The molecule has 18 heavy (non-hydrogen) atoms. The lowest BCUT2D eigenvalue weighted by atomic mass is 10.1. The third-order valence-corrected chi connectivity index (χ3v) is 3.46. The van der Waals surface area contributed by atoms with E-state index in [2.05, 4.69) is 43.5 Å². The third kappa shape index (κ3) is 2.26. The summed E-state index contributed by atoms with van der Waals surface area (Å²) in [5.41, 5.74) is 4.97. The molecule has 0 aliphatic carbocycles. The van der Waals surface area contributed by atoms with Gasteiger partial charge in [0.25, 0.3) is 0 Å². The van der Waals surface area contributed by atoms with E-state index in [9.17, 15) is 4.79 Å². The van der Waals surface area contributed by atoms with Gasteiger partial charge in [-0.25, -0.2) is 0 Å². The zero-order chi connectivity index (χ0) is 13.3. The normalized spacial score (nSPS) is 11.1. The fourth-order valence-corrected chi connectivity index (χ4v) is 2.50. The molecular weight excluding hydrogens is 226 g/mol. The van der Waals surface area contributed by atoms with Crippen LogP contribution in [0.25, 0.3) is 10.9 Å². The van der Waals surface area contributed by atoms with Crippen LogP contribution in [0.1, 0.15) is 29.7 Å². The van der Waals surface area contributed by atoms with Gasteiger partial charge in [0.2, 0.25) is 0 Å². The Kier molecular flexibility index (Phi) is 3.41. The fourth-order valence-electron chi connectivity index (χ4n) is 2.50. The van der Waals surface area contributed by atoms with Gasteiger partial charge in [0.15, 0.2) is 0 Å². The van der Waals surface area contributed by atoms with E-state index in [0.717, 1.165) is 6.54 Å². The lowest BCUT2D eigenvalue weighted by Crippen LogP contribution is -2.04. The topological polar surface area (TPSA) is 42.2 Å². The molecule has 0 bridgehead atoms. The summed E-state index contributed by atoms with van der Waals surface area (Å²) in [6.45, 7) is 7.07. The minimum Gasteiger partial charge on any atom is -0.481 e. The zero-order valence-electron chi connectivity index (χ0n) is 11.2. The van der Waals surface area contributed by atoms with Crippen molar-refractivity contribution in [3.63, 3.8) is 0 Å². The van der Waals surface area contributed by atoms with Crippen LogP contribution in [0, 0.1) is 20.8 Å². The average Bonchev–Trinajstić information content (AvgIpc) is 2.63. The molecule has 96 valence electrons. The quantitative estimate of drug-likeness (QED) is 0.896. The molecule has 1 N–H and O–H groups in total. The number of benzene rings is 1. The number of aryl methyl sites for hydroxylation is 4. The third-order valence-electron chi connectivity index (χ3n) is 3.46. The van der Waals surface area contributed by atoms with Crippen LogP contribution >= 0.6 is 0 Å². The van der Waals surface area contributed by atoms with Crippen LogP contribution in [0.2, 0.25) is 0 Å². The lowest BCUT2D eigenvalue weighted by Gasteiger charge is -2.10. The molecule has 0 fully saturated rings. The maximum absolute atomic E-state index is 10.6. The first-order chi connectivity index (χ1) is 8.50. The number of hydrogen-bond acceptors (Lipinski definition) is 1. The van der Waals surface area contributed by atoms with Gasteiger partial charge in [-0.2, -0.15) is 0 Å². The largest absolute Gasteiger partial charge is 0.481 e. The summed E-state index contributed by atoms with van der Waals surface area (Å²) in [5.74, 6) is -0.725. The second kappa shape index (κ2) is 4.84. The Hall–Kier alpha value is -1.77. The van der Waals surface area contributed by atoms with E-state index in [4.69, 9.17) is 5.11 Å². The summed E-state index contributed by atoms with van der Waals surface area (Å²) in [4.78, 5) is 10.6. The van der Waals surface area contributed by atoms with E-state index in [1.165, 1.54) is 27.7 Å². The van der Waals surface area contributed by atoms with Gasteiger partial charge in [-0.05, 0) is 44.4 Å². The van der Waals surface area contributed by atoms with Gasteiger partial charge >= 0.3 is 5.97 Å². The van der Waals surface area contributed by atoms with Crippen LogP contribution in [0.4, 0.5) is 0 Å². The van der Waals surface area contributed by atoms with Crippen molar-refractivity contribution in [2.45, 2.75) is 40.2 Å². The van der Waals surface area contributed by atoms with E-state index >= 15 is 0 Å². The van der Waals surface area contributed by atoms with E-state index in [-0.39, 0.29) is 6.42 Å². The van der Waals surface area contributed by atoms with Crippen molar-refractivity contribution in [2.24, 2.45) is 0 Å². The van der Waals surface area contributed by atoms with E-state index in [0.29, 0.717) is 6.42 Å². The lowest BCUT2D eigenvalue weighted by molar-refractivity contribution is -0.137. The van der Waals surface area contributed by atoms with Crippen molar-refractivity contribution < 1.29 is 9.90 Å². The number of carboxylic acids is 1. The van der Waals surface area contributed by atoms with Crippen LogP contribution in [0.15, 0.2) is 18.2 Å². The van der Waals surface area contributed by atoms with Gasteiger partial charge < -0.3 is 9.67 Å². The fraction of sp³-hybridized carbons (Fsp3) is 0.400. The zero-order valence-corrected chi connectivity index (χ0v) is 11.2. The van der Waals surface area contributed by atoms with Gasteiger partial charge in [0.05, 0.1) is 5.52 Å². The minimum absolute atomic E-state index is 0.226. The van der Waals surface area contributed by atoms with Gasteiger partial charge in [0, 0.05) is 24.0 Å². The summed E-state index contributed by atoms with van der Waals surface area (Å²) in [5, 5.41) is 9.99. The highest BCUT2D eigenvalue weighted by molar-refractivity contribution is 5.87. The number of fused-ring (bicyclic) bond motifs is 1.